The van der Waals surface area contributed by atoms with Crippen LogP contribution in [0.1, 0.15) is 61.9 Å². The highest BCUT2D eigenvalue weighted by Crippen LogP contribution is 2.60. The molecule has 4 saturated carbocycles. The first kappa shape index (κ1) is 18.6. The van der Waals surface area contributed by atoms with E-state index in [9.17, 15) is 9.59 Å². The van der Waals surface area contributed by atoms with Gasteiger partial charge in [0.2, 0.25) is 5.91 Å². The molecule has 0 aromatic carbocycles. The third kappa shape index (κ3) is 3.72. The Morgan fingerprint density at radius 2 is 1.89 bits per heavy atom. The van der Waals surface area contributed by atoms with Crippen molar-refractivity contribution < 1.29 is 14.0 Å². The number of hydrogen-bond acceptors (Lipinski definition) is 4. The van der Waals surface area contributed by atoms with E-state index in [2.05, 4.69) is 5.32 Å². The van der Waals surface area contributed by atoms with Gasteiger partial charge in [-0.15, -0.1) is 11.8 Å². The van der Waals surface area contributed by atoms with Crippen molar-refractivity contribution in [2.45, 2.75) is 62.2 Å². The molecule has 28 heavy (non-hydrogen) atoms. The number of amides is 2. The van der Waals surface area contributed by atoms with E-state index in [1.54, 1.807) is 17.0 Å². The van der Waals surface area contributed by atoms with Crippen LogP contribution in [0.5, 0.6) is 0 Å². The Labute approximate surface area is 171 Å². The Morgan fingerprint density at radius 3 is 2.54 bits per heavy atom. The molecule has 2 amide bonds. The van der Waals surface area contributed by atoms with Gasteiger partial charge in [-0.1, -0.05) is 0 Å². The molecule has 5 aliphatic rings. The zero-order chi connectivity index (χ0) is 19.1. The van der Waals surface area contributed by atoms with Crippen molar-refractivity contribution in [3.05, 3.63) is 24.2 Å². The van der Waals surface area contributed by atoms with Crippen LogP contribution in [0.25, 0.3) is 0 Å². The van der Waals surface area contributed by atoms with Gasteiger partial charge >= 0.3 is 0 Å². The summed E-state index contributed by atoms with van der Waals surface area (Å²) in [5.74, 6) is 3.76. The molecule has 4 bridgehead atoms. The smallest absolute Gasteiger partial charge is 0.289 e. The fraction of sp³-hybridized carbons (Fsp3) is 0.727. The minimum absolute atomic E-state index is 0.0529. The normalized spacial score (nSPS) is 36.5. The van der Waals surface area contributed by atoms with Gasteiger partial charge in [-0.05, 0) is 81.3 Å². The average Bonchev–Trinajstić information content (AvgIpc) is 3.20. The number of piperidine rings is 1. The topological polar surface area (TPSA) is 62.6 Å². The van der Waals surface area contributed by atoms with E-state index < -0.39 is 0 Å². The lowest BCUT2D eigenvalue weighted by molar-refractivity contribution is -0.119. The third-order valence-electron chi connectivity index (χ3n) is 7.30. The van der Waals surface area contributed by atoms with E-state index in [4.69, 9.17) is 4.42 Å². The molecular formula is C22H30N2O3S. The molecule has 6 rings (SSSR count). The number of furan rings is 1. The summed E-state index contributed by atoms with van der Waals surface area (Å²) in [7, 11) is 0. The van der Waals surface area contributed by atoms with Crippen molar-refractivity contribution in [3.8, 4) is 0 Å². The number of nitrogens with one attached hydrogen (secondary N) is 1. The summed E-state index contributed by atoms with van der Waals surface area (Å²) >= 11 is 1.93. The second kappa shape index (κ2) is 7.43. The quantitative estimate of drug-likeness (QED) is 0.816. The number of thioether (sulfide) groups is 1. The molecule has 1 saturated heterocycles. The maximum atomic E-state index is 12.7. The number of likely N-dealkylation sites (tertiary alicyclic amines) is 1. The van der Waals surface area contributed by atoms with Gasteiger partial charge in [-0.25, -0.2) is 0 Å². The van der Waals surface area contributed by atoms with Crippen LogP contribution >= 0.6 is 11.8 Å². The predicted molar refractivity (Wildman–Crippen MR) is 109 cm³/mol. The molecular weight excluding hydrogens is 372 g/mol. The molecule has 6 heteroatoms. The van der Waals surface area contributed by atoms with Gasteiger partial charge in [0.05, 0.1) is 12.0 Å². The maximum absolute atomic E-state index is 12.7. The van der Waals surface area contributed by atoms with Crippen molar-refractivity contribution >= 4 is 23.6 Å². The standard InChI is InChI=1S/C22H30N2O3S/c25-20(14-28-22-10-15-7-16(11-22)9-17(8-15)12-22)23-18-3-1-5-24(13-18)21(26)19-4-2-6-27-19/h2,4,6,15-18H,1,3,5,7-14H2,(H,23,25). The third-order valence-corrected chi connectivity index (χ3v) is 8.82. The van der Waals surface area contributed by atoms with Crippen molar-refractivity contribution in [2.24, 2.45) is 17.8 Å². The summed E-state index contributed by atoms with van der Waals surface area (Å²) in [5.41, 5.74) is 0. The molecule has 1 aromatic rings. The van der Waals surface area contributed by atoms with Crippen molar-refractivity contribution in [1.29, 1.82) is 0 Å². The lowest BCUT2D eigenvalue weighted by Gasteiger charge is -2.56. The molecule has 5 fully saturated rings. The van der Waals surface area contributed by atoms with Crippen molar-refractivity contribution in [2.75, 3.05) is 18.8 Å². The molecule has 1 aromatic heterocycles. The molecule has 1 aliphatic heterocycles. The van der Waals surface area contributed by atoms with E-state index in [0.29, 0.717) is 22.8 Å². The van der Waals surface area contributed by atoms with Crippen LogP contribution in [0.3, 0.4) is 0 Å². The highest BCUT2D eigenvalue weighted by molar-refractivity contribution is 8.01. The molecule has 4 aliphatic carbocycles. The average molecular weight is 403 g/mol. The van der Waals surface area contributed by atoms with Crippen LogP contribution in [-0.4, -0.2) is 46.3 Å². The first-order valence-electron chi connectivity index (χ1n) is 10.8. The van der Waals surface area contributed by atoms with Crippen molar-refractivity contribution in [1.82, 2.24) is 10.2 Å². The van der Waals surface area contributed by atoms with Gasteiger partial charge in [0.15, 0.2) is 5.76 Å². The largest absolute Gasteiger partial charge is 0.459 e. The van der Waals surface area contributed by atoms with Crippen molar-refractivity contribution in [3.63, 3.8) is 0 Å². The number of carbonyl (C=O) groups excluding carboxylic acids is 2. The summed E-state index contributed by atoms with van der Waals surface area (Å²) in [6, 6.07) is 3.49. The van der Waals surface area contributed by atoms with E-state index in [-0.39, 0.29) is 17.9 Å². The number of carbonyl (C=O) groups is 2. The Morgan fingerprint density at radius 1 is 1.18 bits per heavy atom. The lowest BCUT2D eigenvalue weighted by atomic mass is 9.56. The Hall–Kier alpha value is -1.43. The Bertz CT molecular complexity index is 697. The SMILES string of the molecule is O=C(CSC12CC3CC(CC(C3)C1)C2)NC1CCCN(C(=O)c2ccco2)C1. The summed E-state index contributed by atoms with van der Waals surface area (Å²) in [4.78, 5) is 27.0. The van der Waals surface area contributed by atoms with Crippen LogP contribution < -0.4 is 5.32 Å². The first-order chi connectivity index (χ1) is 13.6. The molecule has 0 radical (unpaired) electrons. The zero-order valence-corrected chi connectivity index (χ0v) is 17.2. The zero-order valence-electron chi connectivity index (χ0n) is 16.4. The number of nitrogens with zero attached hydrogens (tertiary/aromatic N) is 1. The van der Waals surface area contributed by atoms with E-state index in [1.165, 1.54) is 44.8 Å². The van der Waals surface area contributed by atoms with Crippen LogP contribution in [-0.2, 0) is 4.79 Å². The van der Waals surface area contributed by atoms with Gasteiger partial charge in [-0.3, -0.25) is 9.59 Å². The van der Waals surface area contributed by atoms with Crippen LogP contribution in [0.4, 0.5) is 0 Å². The molecule has 1 unspecified atom stereocenters. The highest BCUT2D eigenvalue weighted by Gasteiger charge is 2.51. The van der Waals surface area contributed by atoms with Crippen LogP contribution in [0, 0.1) is 17.8 Å². The maximum Gasteiger partial charge on any atom is 0.289 e. The molecule has 1 N–H and O–H groups in total. The van der Waals surface area contributed by atoms with Crippen LogP contribution in [0.2, 0.25) is 0 Å². The Kier molecular flexibility index (Phi) is 4.93. The number of rotatable bonds is 5. The number of hydrogen-bond donors (Lipinski definition) is 1. The second-order valence-electron chi connectivity index (χ2n) is 9.52. The van der Waals surface area contributed by atoms with Crippen LogP contribution in [0.15, 0.2) is 22.8 Å². The molecule has 5 nitrogen and oxygen atoms in total. The van der Waals surface area contributed by atoms with Gasteiger partial charge in [0, 0.05) is 23.9 Å². The van der Waals surface area contributed by atoms with E-state index >= 15 is 0 Å². The summed E-state index contributed by atoms with van der Waals surface area (Å²) in [6.07, 6.45) is 11.7. The van der Waals surface area contributed by atoms with Gasteiger partial charge < -0.3 is 14.6 Å². The Balaban J connectivity index is 1.12. The lowest BCUT2D eigenvalue weighted by Crippen LogP contribution is -2.51. The fourth-order valence-corrected chi connectivity index (χ4v) is 8.11. The second-order valence-corrected chi connectivity index (χ2v) is 11.0. The van der Waals surface area contributed by atoms with Gasteiger partial charge in [0.1, 0.15) is 0 Å². The first-order valence-corrected chi connectivity index (χ1v) is 11.8. The molecule has 0 spiro atoms. The minimum Gasteiger partial charge on any atom is -0.459 e. The summed E-state index contributed by atoms with van der Waals surface area (Å²) in [5, 5.41) is 3.20. The summed E-state index contributed by atoms with van der Waals surface area (Å²) in [6.45, 7) is 1.31. The van der Waals surface area contributed by atoms with Gasteiger partial charge in [0.25, 0.3) is 5.91 Å². The molecule has 152 valence electrons. The summed E-state index contributed by atoms with van der Waals surface area (Å²) < 4.78 is 5.61. The predicted octanol–water partition coefficient (Wildman–Crippen LogP) is 3.70. The van der Waals surface area contributed by atoms with Gasteiger partial charge in [-0.2, -0.15) is 0 Å². The molecule has 1 atom stereocenters. The van der Waals surface area contributed by atoms with E-state index in [1.807, 2.05) is 11.8 Å². The highest BCUT2D eigenvalue weighted by atomic mass is 32.2. The molecule has 2 heterocycles. The minimum atomic E-state index is -0.0770. The fourth-order valence-electron chi connectivity index (χ4n) is 6.53. The van der Waals surface area contributed by atoms with E-state index in [0.717, 1.165) is 37.1 Å². The monoisotopic (exact) mass is 402 g/mol.